The molecule has 2 aromatic rings. The van der Waals surface area contributed by atoms with Gasteiger partial charge in [-0.3, -0.25) is 13.9 Å². The molecule has 0 amide bonds. The van der Waals surface area contributed by atoms with Crippen molar-refractivity contribution in [3.8, 4) is 0 Å². The topological polar surface area (TPSA) is 114 Å². The summed E-state index contributed by atoms with van der Waals surface area (Å²) in [6, 6.07) is 2.57. The molecule has 0 bridgehead atoms. The summed E-state index contributed by atoms with van der Waals surface area (Å²) in [5.74, 6) is -0.607. The van der Waals surface area contributed by atoms with Gasteiger partial charge >= 0.3 is 13.3 Å². The minimum Gasteiger partial charge on any atom is -0.380 e. The van der Waals surface area contributed by atoms with Crippen LogP contribution in [0.2, 0.25) is 0 Å². The van der Waals surface area contributed by atoms with Gasteiger partial charge < -0.3 is 15.1 Å². The molecule has 1 aromatic carbocycles. The van der Waals surface area contributed by atoms with E-state index in [9.17, 15) is 28.3 Å². The van der Waals surface area contributed by atoms with E-state index < -0.39 is 30.9 Å². The van der Waals surface area contributed by atoms with E-state index >= 15 is 0 Å². The van der Waals surface area contributed by atoms with Crippen LogP contribution in [-0.4, -0.2) is 25.0 Å². The minimum atomic E-state index is -4.67. The van der Waals surface area contributed by atoms with Crippen molar-refractivity contribution in [3.05, 3.63) is 38.8 Å². The van der Waals surface area contributed by atoms with E-state index in [-0.39, 0.29) is 23.2 Å². The van der Waals surface area contributed by atoms with Gasteiger partial charge in [-0.1, -0.05) is 32.1 Å². The molecule has 8 nitrogen and oxygen atoms in total. The van der Waals surface area contributed by atoms with Gasteiger partial charge in [0.15, 0.2) is 0 Å². The Hall–Kier alpha value is -1.96. The molecule has 0 spiro atoms. The second kappa shape index (κ2) is 8.29. The molecule has 2 saturated carbocycles. The third-order valence-electron chi connectivity index (χ3n) is 6.24. The highest BCUT2D eigenvalue weighted by Gasteiger charge is 2.27. The standard InChI is InChI=1S/C20H27FN3O5P/c21-16-10-15-18(11-17(16)22-13-6-2-1-3-7-13)24(14-8-4-5-9-14)20(26)23(19(15)25)12-30(27,28)29/h10-11,13-14,22H,1-9,12H2,(H2,27,28,29). The molecule has 30 heavy (non-hydrogen) atoms. The molecule has 4 rings (SSSR count). The number of benzene rings is 1. The number of hydrogen-bond acceptors (Lipinski definition) is 4. The molecule has 0 unspecified atom stereocenters. The molecular formula is C20H27FN3O5P. The maximum Gasteiger partial charge on any atom is 0.345 e. The Morgan fingerprint density at radius 2 is 1.67 bits per heavy atom. The average molecular weight is 439 g/mol. The Morgan fingerprint density at radius 1 is 1.03 bits per heavy atom. The van der Waals surface area contributed by atoms with Crippen LogP contribution in [0.4, 0.5) is 10.1 Å². The SMILES string of the molecule is O=c1c2cc(F)c(NC3CCCCC3)cc2n(C2CCCC2)c(=O)n1CP(=O)(O)O. The summed E-state index contributed by atoms with van der Waals surface area (Å²) < 4.78 is 28.4. The predicted molar refractivity (Wildman–Crippen MR) is 112 cm³/mol. The first kappa shape index (κ1) is 21.3. The van der Waals surface area contributed by atoms with E-state index in [4.69, 9.17) is 0 Å². The van der Waals surface area contributed by atoms with Crippen LogP contribution in [0.3, 0.4) is 0 Å². The largest absolute Gasteiger partial charge is 0.380 e. The maximum atomic E-state index is 14.9. The van der Waals surface area contributed by atoms with Gasteiger partial charge in [-0.25, -0.2) is 13.8 Å². The van der Waals surface area contributed by atoms with Crippen LogP contribution in [0.1, 0.15) is 63.8 Å². The summed E-state index contributed by atoms with van der Waals surface area (Å²) in [6.45, 7) is 0. The van der Waals surface area contributed by atoms with Crippen molar-refractivity contribution in [1.29, 1.82) is 0 Å². The molecule has 1 heterocycles. The summed E-state index contributed by atoms with van der Waals surface area (Å²) >= 11 is 0. The molecule has 0 radical (unpaired) electrons. The zero-order valence-corrected chi connectivity index (χ0v) is 17.6. The number of anilines is 1. The lowest BCUT2D eigenvalue weighted by Crippen LogP contribution is -2.41. The first-order chi connectivity index (χ1) is 14.2. The van der Waals surface area contributed by atoms with E-state index in [1.165, 1.54) is 17.1 Å². The number of aromatic nitrogens is 2. The third-order valence-corrected chi connectivity index (χ3v) is 6.89. The Labute approximate surface area is 172 Å². The predicted octanol–water partition coefficient (Wildman–Crippen LogP) is 3.30. The van der Waals surface area contributed by atoms with Crippen LogP contribution in [0, 0.1) is 5.82 Å². The summed E-state index contributed by atoms with van der Waals surface area (Å²) in [5, 5.41) is 3.19. The van der Waals surface area contributed by atoms with Crippen molar-refractivity contribution in [2.24, 2.45) is 0 Å². The summed E-state index contributed by atoms with van der Waals surface area (Å²) in [6.07, 6.45) is 7.48. The van der Waals surface area contributed by atoms with Gasteiger partial charge in [0.2, 0.25) is 0 Å². The van der Waals surface area contributed by atoms with E-state index in [1.807, 2.05) is 0 Å². The zero-order valence-electron chi connectivity index (χ0n) is 16.7. The second-order valence-corrected chi connectivity index (χ2v) is 10.1. The van der Waals surface area contributed by atoms with Gasteiger partial charge in [0, 0.05) is 12.1 Å². The molecule has 0 atom stereocenters. The van der Waals surface area contributed by atoms with Crippen LogP contribution in [0.15, 0.2) is 21.7 Å². The smallest absolute Gasteiger partial charge is 0.345 e. The van der Waals surface area contributed by atoms with Gasteiger partial charge in [0.25, 0.3) is 5.56 Å². The third kappa shape index (κ3) is 4.24. The van der Waals surface area contributed by atoms with Crippen molar-refractivity contribution in [1.82, 2.24) is 9.13 Å². The van der Waals surface area contributed by atoms with E-state index in [0.29, 0.717) is 10.1 Å². The van der Waals surface area contributed by atoms with Crippen LogP contribution in [0.5, 0.6) is 0 Å². The number of rotatable bonds is 5. The van der Waals surface area contributed by atoms with Gasteiger partial charge in [-0.2, -0.15) is 0 Å². The molecule has 3 N–H and O–H groups in total. The van der Waals surface area contributed by atoms with Crippen molar-refractivity contribution < 1.29 is 18.7 Å². The van der Waals surface area contributed by atoms with Crippen molar-refractivity contribution >= 4 is 24.2 Å². The lowest BCUT2D eigenvalue weighted by atomic mass is 9.95. The van der Waals surface area contributed by atoms with Crippen molar-refractivity contribution in [2.75, 3.05) is 5.32 Å². The Kier molecular flexibility index (Phi) is 5.88. The summed E-state index contributed by atoms with van der Waals surface area (Å²) in [7, 11) is -4.67. The molecule has 2 fully saturated rings. The first-order valence-corrected chi connectivity index (χ1v) is 12.3. The average Bonchev–Trinajstić information content (AvgIpc) is 3.21. The molecule has 10 heteroatoms. The quantitative estimate of drug-likeness (QED) is 0.616. The normalized spacial score (nSPS) is 18.9. The molecule has 2 aliphatic rings. The fourth-order valence-corrected chi connectivity index (χ4v) is 5.42. The second-order valence-electron chi connectivity index (χ2n) is 8.46. The van der Waals surface area contributed by atoms with Gasteiger partial charge in [0.1, 0.15) is 12.1 Å². The van der Waals surface area contributed by atoms with Crippen LogP contribution in [-0.2, 0) is 10.9 Å². The Morgan fingerprint density at radius 3 is 2.30 bits per heavy atom. The van der Waals surface area contributed by atoms with Crippen molar-refractivity contribution in [3.63, 3.8) is 0 Å². The van der Waals surface area contributed by atoms with Crippen LogP contribution >= 0.6 is 7.60 Å². The zero-order chi connectivity index (χ0) is 21.5. The highest BCUT2D eigenvalue weighted by molar-refractivity contribution is 7.50. The molecule has 1 aromatic heterocycles. The molecule has 164 valence electrons. The fourth-order valence-electron chi connectivity index (χ4n) is 4.80. The highest BCUT2D eigenvalue weighted by Crippen LogP contribution is 2.36. The number of hydrogen-bond donors (Lipinski definition) is 3. The molecule has 2 aliphatic carbocycles. The minimum absolute atomic E-state index is 0.0401. The van der Waals surface area contributed by atoms with Crippen LogP contribution < -0.4 is 16.6 Å². The van der Waals surface area contributed by atoms with Gasteiger partial charge in [0.05, 0.1) is 16.6 Å². The van der Waals surface area contributed by atoms with E-state index in [0.717, 1.165) is 57.4 Å². The summed E-state index contributed by atoms with van der Waals surface area (Å²) in [4.78, 5) is 44.7. The highest BCUT2D eigenvalue weighted by atomic mass is 31.2. The van der Waals surface area contributed by atoms with E-state index in [2.05, 4.69) is 5.32 Å². The Bertz CT molecular complexity index is 1110. The fraction of sp³-hybridized carbons (Fsp3) is 0.600. The van der Waals surface area contributed by atoms with Crippen molar-refractivity contribution in [2.45, 2.75) is 76.2 Å². The lowest BCUT2D eigenvalue weighted by molar-refractivity contribution is 0.358. The maximum absolute atomic E-state index is 14.9. The van der Waals surface area contributed by atoms with Gasteiger partial charge in [-0.05, 0) is 37.8 Å². The molecule has 0 aliphatic heterocycles. The van der Waals surface area contributed by atoms with Gasteiger partial charge in [-0.15, -0.1) is 0 Å². The first-order valence-electron chi connectivity index (χ1n) is 10.5. The van der Waals surface area contributed by atoms with Crippen LogP contribution in [0.25, 0.3) is 10.9 Å². The molecular weight excluding hydrogens is 412 g/mol. The lowest BCUT2D eigenvalue weighted by Gasteiger charge is -2.25. The molecule has 0 saturated heterocycles. The summed E-state index contributed by atoms with van der Waals surface area (Å²) in [5.41, 5.74) is -1.06. The Balaban J connectivity index is 1.90. The monoisotopic (exact) mass is 439 g/mol. The number of fused-ring (bicyclic) bond motifs is 1. The van der Waals surface area contributed by atoms with E-state index in [1.54, 1.807) is 0 Å². The number of nitrogens with one attached hydrogen (secondary N) is 1. The number of halogens is 1. The number of nitrogens with zero attached hydrogens (tertiary/aromatic N) is 2.